The van der Waals surface area contributed by atoms with Gasteiger partial charge in [-0.1, -0.05) is 0 Å². The number of sulfonamides is 1. The molecule has 1 fully saturated rings. The molecule has 0 aromatic heterocycles. The number of aliphatic hydroxyl groups is 1. The number of hydrogen-bond acceptors (Lipinski definition) is 4. The van der Waals surface area contributed by atoms with Gasteiger partial charge in [-0.3, -0.25) is 0 Å². The minimum atomic E-state index is -3.44. The van der Waals surface area contributed by atoms with E-state index in [-0.39, 0.29) is 10.9 Å². The van der Waals surface area contributed by atoms with Crippen molar-refractivity contribution < 1.29 is 13.5 Å². The molecule has 1 saturated heterocycles. The van der Waals surface area contributed by atoms with Crippen LogP contribution in [0.2, 0.25) is 0 Å². The van der Waals surface area contributed by atoms with Crippen LogP contribution < -0.4 is 9.62 Å². The minimum Gasteiger partial charge on any atom is -0.388 e. The summed E-state index contributed by atoms with van der Waals surface area (Å²) in [6.45, 7) is 6.75. The van der Waals surface area contributed by atoms with E-state index in [0.29, 0.717) is 6.54 Å². The van der Waals surface area contributed by atoms with Crippen LogP contribution in [0.25, 0.3) is 0 Å². The van der Waals surface area contributed by atoms with Crippen molar-refractivity contribution >= 4 is 15.7 Å². The molecule has 2 rings (SSSR count). The Kier molecular flexibility index (Phi) is 4.09. The number of benzene rings is 1. The van der Waals surface area contributed by atoms with E-state index >= 15 is 0 Å². The summed E-state index contributed by atoms with van der Waals surface area (Å²) >= 11 is 0. The molecule has 1 atom stereocenters. The van der Waals surface area contributed by atoms with Gasteiger partial charge in [0, 0.05) is 24.8 Å². The lowest BCUT2D eigenvalue weighted by molar-refractivity contribution is 0.0839. The predicted molar refractivity (Wildman–Crippen MR) is 79.4 cm³/mol. The van der Waals surface area contributed by atoms with Gasteiger partial charge in [0.2, 0.25) is 10.0 Å². The van der Waals surface area contributed by atoms with Crippen LogP contribution in [0.1, 0.15) is 27.2 Å². The Morgan fingerprint density at radius 1 is 1.30 bits per heavy atom. The van der Waals surface area contributed by atoms with E-state index in [9.17, 15) is 13.5 Å². The summed E-state index contributed by atoms with van der Waals surface area (Å²) < 4.78 is 26.6. The molecule has 1 aliphatic rings. The second kappa shape index (κ2) is 5.35. The van der Waals surface area contributed by atoms with Crippen LogP contribution in [-0.2, 0) is 10.0 Å². The molecule has 1 unspecified atom stereocenters. The molecule has 1 aliphatic heterocycles. The highest BCUT2D eigenvalue weighted by atomic mass is 32.2. The zero-order valence-electron chi connectivity index (χ0n) is 12.1. The zero-order valence-corrected chi connectivity index (χ0v) is 12.9. The SMILES string of the molecule is CC(C)NS(=O)(=O)c1ccc(N2CCC(C)(O)C2)cc1. The number of rotatable bonds is 4. The molecule has 0 saturated carbocycles. The number of β-amino-alcohol motifs (C(OH)–C–C–N with tert-alkyl or cyclic N) is 1. The van der Waals surface area contributed by atoms with Crippen LogP contribution in [-0.4, -0.2) is 38.3 Å². The molecular formula is C14H22N2O3S. The van der Waals surface area contributed by atoms with Gasteiger partial charge in [-0.25, -0.2) is 13.1 Å². The van der Waals surface area contributed by atoms with E-state index < -0.39 is 15.6 Å². The van der Waals surface area contributed by atoms with Crippen LogP contribution >= 0.6 is 0 Å². The summed E-state index contributed by atoms with van der Waals surface area (Å²) in [4.78, 5) is 2.33. The molecule has 0 aliphatic carbocycles. The van der Waals surface area contributed by atoms with Gasteiger partial charge >= 0.3 is 0 Å². The van der Waals surface area contributed by atoms with Crippen molar-refractivity contribution in [2.24, 2.45) is 0 Å². The summed E-state index contributed by atoms with van der Waals surface area (Å²) in [5.74, 6) is 0. The van der Waals surface area contributed by atoms with Crippen molar-refractivity contribution in [1.82, 2.24) is 4.72 Å². The van der Waals surface area contributed by atoms with Crippen molar-refractivity contribution in [3.05, 3.63) is 24.3 Å². The van der Waals surface area contributed by atoms with Gasteiger partial charge in [0.25, 0.3) is 0 Å². The van der Waals surface area contributed by atoms with Gasteiger partial charge in [0.15, 0.2) is 0 Å². The molecule has 1 aromatic rings. The number of hydrogen-bond donors (Lipinski definition) is 2. The van der Waals surface area contributed by atoms with Crippen molar-refractivity contribution in [3.63, 3.8) is 0 Å². The maximum atomic E-state index is 12.0. The number of nitrogens with zero attached hydrogens (tertiary/aromatic N) is 1. The summed E-state index contributed by atoms with van der Waals surface area (Å²) in [5.41, 5.74) is 0.274. The molecule has 20 heavy (non-hydrogen) atoms. The van der Waals surface area contributed by atoms with E-state index in [0.717, 1.165) is 18.7 Å². The fraction of sp³-hybridized carbons (Fsp3) is 0.571. The maximum Gasteiger partial charge on any atom is 0.240 e. The molecule has 0 bridgehead atoms. The number of anilines is 1. The van der Waals surface area contributed by atoms with E-state index in [4.69, 9.17) is 0 Å². The highest BCUT2D eigenvalue weighted by molar-refractivity contribution is 7.89. The first-order valence-corrected chi connectivity index (χ1v) is 8.28. The second-order valence-corrected chi connectivity index (χ2v) is 7.65. The quantitative estimate of drug-likeness (QED) is 0.880. The normalized spacial score (nSPS) is 23.6. The molecule has 2 N–H and O–H groups in total. The first-order chi connectivity index (χ1) is 9.20. The number of nitrogens with one attached hydrogen (secondary N) is 1. The van der Waals surface area contributed by atoms with Gasteiger partial charge in [0.1, 0.15) is 0 Å². The van der Waals surface area contributed by atoms with Crippen molar-refractivity contribution in [1.29, 1.82) is 0 Å². The van der Waals surface area contributed by atoms with Gasteiger partial charge in [-0.2, -0.15) is 0 Å². The average Bonchev–Trinajstić information content (AvgIpc) is 2.68. The predicted octanol–water partition coefficient (Wildman–Crippen LogP) is 1.33. The Morgan fingerprint density at radius 3 is 2.35 bits per heavy atom. The molecule has 6 heteroatoms. The monoisotopic (exact) mass is 298 g/mol. The third-order valence-corrected chi connectivity index (χ3v) is 5.03. The van der Waals surface area contributed by atoms with Gasteiger partial charge in [-0.15, -0.1) is 0 Å². The molecular weight excluding hydrogens is 276 g/mol. The minimum absolute atomic E-state index is 0.131. The lowest BCUT2D eigenvalue weighted by Gasteiger charge is -2.21. The fourth-order valence-electron chi connectivity index (χ4n) is 2.38. The Bertz CT molecular complexity index is 565. The highest BCUT2D eigenvalue weighted by Crippen LogP contribution is 2.27. The molecule has 1 aromatic carbocycles. The highest BCUT2D eigenvalue weighted by Gasteiger charge is 2.31. The van der Waals surface area contributed by atoms with Crippen LogP contribution in [0.3, 0.4) is 0 Å². The molecule has 0 radical (unpaired) electrons. The Balaban J connectivity index is 2.15. The van der Waals surface area contributed by atoms with Gasteiger partial charge in [0.05, 0.1) is 10.5 Å². The van der Waals surface area contributed by atoms with Gasteiger partial charge < -0.3 is 10.0 Å². The zero-order chi connectivity index (χ0) is 15.0. The lowest BCUT2D eigenvalue weighted by Crippen LogP contribution is -2.30. The first kappa shape index (κ1) is 15.3. The van der Waals surface area contributed by atoms with E-state index in [1.54, 1.807) is 38.1 Å². The summed E-state index contributed by atoms with van der Waals surface area (Å²) in [6.07, 6.45) is 0.724. The van der Waals surface area contributed by atoms with E-state index in [1.807, 2.05) is 6.92 Å². The molecule has 0 amide bonds. The summed E-state index contributed by atoms with van der Waals surface area (Å²) in [5, 5.41) is 9.96. The third kappa shape index (κ3) is 3.50. The van der Waals surface area contributed by atoms with Crippen LogP contribution in [0, 0.1) is 0 Å². The third-order valence-electron chi connectivity index (χ3n) is 3.35. The van der Waals surface area contributed by atoms with Crippen LogP contribution in [0.15, 0.2) is 29.2 Å². The Hall–Kier alpha value is -1.11. The maximum absolute atomic E-state index is 12.0. The summed E-state index contributed by atoms with van der Waals surface area (Å²) in [6, 6.07) is 6.65. The largest absolute Gasteiger partial charge is 0.388 e. The average molecular weight is 298 g/mol. The molecule has 5 nitrogen and oxygen atoms in total. The van der Waals surface area contributed by atoms with Crippen molar-refractivity contribution in [2.45, 2.75) is 43.7 Å². The molecule has 1 heterocycles. The van der Waals surface area contributed by atoms with E-state index in [2.05, 4.69) is 9.62 Å². The van der Waals surface area contributed by atoms with Crippen LogP contribution in [0.4, 0.5) is 5.69 Å². The van der Waals surface area contributed by atoms with Crippen LogP contribution in [0.5, 0.6) is 0 Å². The lowest BCUT2D eigenvalue weighted by atomic mass is 10.1. The molecule has 112 valence electrons. The molecule has 0 spiro atoms. The Labute approximate surface area is 120 Å². The topological polar surface area (TPSA) is 69.6 Å². The first-order valence-electron chi connectivity index (χ1n) is 6.79. The summed E-state index contributed by atoms with van der Waals surface area (Å²) in [7, 11) is -3.44. The standard InChI is InChI=1S/C14H22N2O3S/c1-11(2)15-20(18,19)13-6-4-12(5-7-13)16-9-8-14(3,17)10-16/h4-7,11,15,17H,8-10H2,1-3H3. The second-order valence-electron chi connectivity index (χ2n) is 5.94. The van der Waals surface area contributed by atoms with Gasteiger partial charge in [-0.05, 0) is 51.5 Å². The smallest absolute Gasteiger partial charge is 0.240 e. The van der Waals surface area contributed by atoms with E-state index in [1.165, 1.54) is 0 Å². The van der Waals surface area contributed by atoms with Crippen molar-refractivity contribution in [3.8, 4) is 0 Å². The van der Waals surface area contributed by atoms with Crippen molar-refractivity contribution in [2.75, 3.05) is 18.0 Å². The Morgan fingerprint density at radius 2 is 1.90 bits per heavy atom. The fourth-order valence-corrected chi connectivity index (χ4v) is 3.63.